The monoisotopic (exact) mass is 500 g/mol. The second kappa shape index (κ2) is 7.00. The molecule has 5 bridgehead atoms. The lowest BCUT2D eigenvalue weighted by atomic mass is 9.33. The van der Waals surface area contributed by atoms with Crippen molar-refractivity contribution in [3.8, 4) is 0 Å². The Morgan fingerprint density at radius 1 is 0.946 bits per heavy atom. The van der Waals surface area contributed by atoms with Gasteiger partial charge in [0.15, 0.2) is 17.3 Å². The average Bonchev–Trinajstić information content (AvgIpc) is 3.15. The molecule has 0 aromatic heterocycles. The number of carbonyl (C=O) groups is 3. The van der Waals surface area contributed by atoms with Crippen molar-refractivity contribution in [2.75, 3.05) is 0 Å². The Morgan fingerprint density at radius 3 is 2.24 bits per heavy atom. The lowest BCUT2D eigenvalue weighted by molar-refractivity contribution is -0.240. The van der Waals surface area contributed by atoms with Crippen LogP contribution in [-0.2, 0) is 15.0 Å². The molecule has 5 saturated carbocycles. The molecule has 1 spiro atoms. The molecule has 1 unspecified atom stereocenters. The molecule has 0 heterocycles. The van der Waals surface area contributed by atoms with Gasteiger partial charge in [0.2, 0.25) is 0 Å². The molecule has 1 aromatic rings. The molecular weight excluding hydrogens is 460 g/mol. The van der Waals surface area contributed by atoms with Crippen LogP contribution in [0.2, 0.25) is 0 Å². The number of rotatable bonds is 4. The predicted molar refractivity (Wildman–Crippen MR) is 143 cm³/mol. The molecule has 0 amide bonds. The van der Waals surface area contributed by atoms with Gasteiger partial charge in [0.25, 0.3) is 0 Å². The maximum atomic E-state index is 15.0. The summed E-state index contributed by atoms with van der Waals surface area (Å²) in [6.45, 7) is 14.4. The number of hydrogen-bond acceptors (Lipinski definition) is 4. The fourth-order valence-corrected chi connectivity index (χ4v) is 10.3. The van der Waals surface area contributed by atoms with Gasteiger partial charge in [-0.15, -0.1) is 0 Å². The SMILES string of the molecule is CC(C)=CC[C@H]1C[C@]23C[C@@H]4C(C)(C)c5ccccc5C(=O)[C@@]45C(=O)[C@](CC=C(C)C)(CC1(C)[C@@]25O)C3=O. The van der Waals surface area contributed by atoms with E-state index in [0.29, 0.717) is 31.2 Å². The number of carbonyl (C=O) groups excluding carboxylic acids is 3. The van der Waals surface area contributed by atoms with Crippen LogP contribution in [0.15, 0.2) is 47.6 Å². The average molecular weight is 501 g/mol. The van der Waals surface area contributed by atoms with Crippen molar-refractivity contribution in [3.05, 3.63) is 58.7 Å². The van der Waals surface area contributed by atoms with Gasteiger partial charge in [-0.25, -0.2) is 0 Å². The van der Waals surface area contributed by atoms with Crippen molar-refractivity contribution in [2.45, 2.75) is 91.6 Å². The van der Waals surface area contributed by atoms with E-state index in [-0.39, 0.29) is 23.3 Å². The summed E-state index contributed by atoms with van der Waals surface area (Å²) in [5, 5.41) is 13.3. The second-order valence-electron chi connectivity index (χ2n) is 14.2. The molecule has 6 aliphatic rings. The van der Waals surface area contributed by atoms with Gasteiger partial charge in [-0.3, -0.25) is 14.4 Å². The van der Waals surface area contributed by atoms with Gasteiger partial charge in [0, 0.05) is 11.0 Å². The summed E-state index contributed by atoms with van der Waals surface area (Å²) < 4.78 is 0. The smallest absolute Gasteiger partial charge is 0.180 e. The summed E-state index contributed by atoms with van der Waals surface area (Å²) in [5.41, 5.74) is -3.14. The van der Waals surface area contributed by atoms with Crippen molar-refractivity contribution in [3.63, 3.8) is 0 Å². The van der Waals surface area contributed by atoms with Crippen LogP contribution in [-0.4, -0.2) is 28.1 Å². The first kappa shape index (κ1) is 25.0. The number of benzene rings is 1. The largest absolute Gasteiger partial charge is 0.387 e. The van der Waals surface area contributed by atoms with Gasteiger partial charge >= 0.3 is 0 Å². The summed E-state index contributed by atoms with van der Waals surface area (Å²) in [5.74, 6) is -1.01. The van der Waals surface area contributed by atoms with E-state index in [2.05, 4.69) is 40.7 Å². The fourth-order valence-electron chi connectivity index (χ4n) is 10.3. The van der Waals surface area contributed by atoms with Crippen LogP contribution < -0.4 is 0 Å². The highest BCUT2D eigenvalue weighted by Gasteiger charge is 2.97. The van der Waals surface area contributed by atoms with E-state index in [0.717, 1.165) is 17.6 Å². The van der Waals surface area contributed by atoms with Crippen LogP contribution in [0, 0.1) is 33.5 Å². The third-order valence-corrected chi connectivity index (χ3v) is 11.8. The van der Waals surface area contributed by atoms with E-state index >= 15 is 4.79 Å². The Balaban J connectivity index is 1.71. The first-order valence-corrected chi connectivity index (χ1v) is 13.9. The highest BCUT2D eigenvalue weighted by molar-refractivity contribution is 6.29. The van der Waals surface area contributed by atoms with E-state index < -0.39 is 38.6 Å². The van der Waals surface area contributed by atoms with Gasteiger partial charge < -0.3 is 5.11 Å². The van der Waals surface area contributed by atoms with Crippen LogP contribution in [0.5, 0.6) is 0 Å². The predicted octanol–water partition coefficient (Wildman–Crippen LogP) is 6.17. The third kappa shape index (κ3) is 2.32. The molecule has 37 heavy (non-hydrogen) atoms. The molecule has 1 N–H and O–H groups in total. The molecular formula is C33H40O4. The molecule has 0 saturated heterocycles. The first-order valence-electron chi connectivity index (χ1n) is 13.9. The van der Waals surface area contributed by atoms with Crippen LogP contribution in [0.25, 0.3) is 0 Å². The van der Waals surface area contributed by atoms with E-state index in [4.69, 9.17) is 0 Å². The topological polar surface area (TPSA) is 71.4 Å². The van der Waals surface area contributed by atoms with Gasteiger partial charge in [-0.2, -0.15) is 0 Å². The Morgan fingerprint density at radius 2 is 1.59 bits per heavy atom. The van der Waals surface area contributed by atoms with Crippen molar-refractivity contribution >= 4 is 17.3 Å². The van der Waals surface area contributed by atoms with E-state index in [9.17, 15) is 14.7 Å². The number of ketones is 3. The summed E-state index contributed by atoms with van der Waals surface area (Å²) in [7, 11) is 0. The number of allylic oxidation sites excluding steroid dienone is 4. The maximum Gasteiger partial charge on any atom is 0.180 e. The molecule has 5 fully saturated rings. The lowest BCUT2D eigenvalue weighted by Gasteiger charge is -2.68. The molecule has 196 valence electrons. The minimum absolute atomic E-state index is 0.0314. The standard InChI is InChI=1S/C33H40O4/c1-19(2)12-13-21-16-31-17-24-28(5,6)23-11-9-8-10-22(23)25(34)32(24)27(36)30(26(31)35,15-14-20(3)4)18-29(21,7)33(31,32)37/h8-12,14,21,24,37H,13,15-18H2,1-7H3/t21-,24+,29?,30+,31+,32+,33+/m0/s1. The lowest BCUT2D eigenvalue weighted by Crippen LogP contribution is -2.82. The van der Waals surface area contributed by atoms with Gasteiger partial charge in [-0.1, -0.05) is 68.3 Å². The van der Waals surface area contributed by atoms with Crippen molar-refractivity contribution in [1.82, 2.24) is 0 Å². The summed E-state index contributed by atoms with van der Waals surface area (Å²) in [6.07, 6.45) is 6.54. The third-order valence-electron chi connectivity index (χ3n) is 11.8. The first-order chi connectivity index (χ1) is 17.2. The number of fused-ring (bicyclic) bond motifs is 1. The minimum Gasteiger partial charge on any atom is -0.387 e. The van der Waals surface area contributed by atoms with Gasteiger partial charge in [-0.05, 0) is 82.6 Å². The zero-order valence-electron chi connectivity index (χ0n) is 23.3. The number of hydrogen-bond donors (Lipinski definition) is 1. The highest BCUT2D eigenvalue weighted by atomic mass is 16.3. The zero-order valence-corrected chi connectivity index (χ0v) is 23.3. The minimum atomic E-state index is -1.68. The molecule has 6 aliphatic carbocycles. The summed E-state index contributed by atoms with van der Waals surface area (Å²) >= 11 is 0. The zero-order chi connectivity index (χ0) is 27.0. The van der Waals surface area contributed by atoms with Crippen LogP contribution in [0.3, 0.4) is 0 Å². The Bertz CT molecular complexity index is 1340. The maximum absolute atomic E-state index is 15.0. The van der Waals surface area contributed by atoms with Crippen LogP contribution in [0.1, 0.15) is 96.5 Å². The molecule has 7 rings (SSSR count). The summed E-state index contributed by atoms with van der Waals surface area (Å²) in [4.78, 5) is 44.7. The molecule has 1 aromatic carbocycles. The van der Waals surface area contributed by atoms with Crippen molar-refractivity contribution in [1.29, 1.82) is 0 Å². The molecule has 4 heteroatoms. The molecule has 0 radical (unpaired) electrons. The van der Waals surface area contributed by atoms with E-state index in [1.54, 1.807) is 0 Å². The molecule has 7 atom stereocenters. The van der Waals surface area contributed by atoms with Crippen LogP contribution in [0.4, 0.5) is 0 Å². The summed E-state index contributed by atoms with van der Waals surface area (Å²) in [6, 6.07) is 7.61. The Labute approximate surface area is 220 Å². The fraction of sp³-hybridized carbons (Fsp3) is 0.606. The normalized spacial score (nSPS) is 43.9. The van der Waals surface area contributed by atoms with Crippen LogP contribution >= 0.6 is 0 Å². The van der Waals surface area contributed by atoms with Gasteiger partial charge in [0.1, 0.15) is 11.0 Å². The van der Waals surface area contributed by atoms with Crippen molar-refractivity contribution in [2.24, 2.45) is 33.5 Å². The molecule has 4 nitrogen and oxygen atoms in total. The quantitative estimate of drug-likeness (QED) is 0.397. The molecule has 0 aliphatic heterocycles. The Kier molecular flexibility index (Phi) is 4.72. The van der Waals surface area contributed by atoms with Gasteiger partial charge in [0.05, 0.1) is 10.8 Å². The van der Waals surface area contributed by atoms with Crippen molar-refractivity contribution < 1.29 is 19.5 Å². The Hall–Kier alpha value is -2.33. The number of aliphatic hydroxyl groups is 1. The number of Topliss-reactive ketones (excluding diaryl/α,β-unsaturated/α-hetero) is 3. The second-order valence-corrected chi connectivity index (χ2v) is 14.2. The van der Waals surface area contributed by atoms with E-state index in [1.165, 1.54) is 5.57 Å². The van der Waals surface area contributed by atoms with E-state index in [1.807, 2.05) is 44.2 Å². The highest BCUT2D eigenvalue weighted by Crippen LogP contribution is 2.87.